The zero-order chi connectivity index (χ0) is 13.1. The van der Waals surface area contributed by atoms with Gasteiger partial charge in [-0.2, -0.15) is 0 Å². The van der Waals surface area contributed by atoms with Gasteiger partial charge >= 0.3 is 0 Å². The van der Waals surface area contributed by atoms with E-state index in [-0.39, 0.29) is 18.0 Å². The highest BCUT2D eigenvalue weighted by Gasteiger charge is 2.27. The molecule has 1 heterocycles. The molecule has 2 rings (SSSR count). The fourth-order valence-electron chi connectivity index (χ4n) is 2.61. The molecule has 2 nitrogen and oxygen atoms in total. The standard InChI is InChI=1S/C14H20F2N2.ClH/c1-10-6-12(7-17)9-18(10)8-11-2-4-13(5-3-11)14(15)16;/h2-5,10,12,14H,6-9,17H2,1H3;1H. The van der Waals surface area contributed by atoms with Crippen molar-refractivity contribution in [3.05, 3.63) is 35.4 Å². The Balaban J connectivity index is 0.00000180. The summed E-state index contributed by atoms with van der Waals surface area (Å²) in [5, 5.41) is 0. The van der Waals surface area contributed by atoms with Crippen molar-refractivity contribution in [3.8, 4) is 0 Å². The Morgan fingerprint density at radius 3 is 2.42 bits per heavy atom. The third-order valence-corrected chi connectivity index (χ3v) is 3.74. The second-order valence-corrected chi connectivity index (χ2v) is 5.16. The van der Waals surface area contributed by atoms with E-state index < -0.39 is 6.43 Å². The maximum Gasteiger partial charge on any atom is 0.263 e. The van der Waals surface area contributed by atoms with Crippen LogP contribution in [-0.2, 0) is 6.54 Å². The average molecular weight is 291 g/mol. The summed E-state index contributed by atoms with van der Waals surface area (Å²) >= 11 is 0. The zero-order valence-electron chi connectivity index (χ0n) is 11.1. The average Bonchev–Trinajstić information content (AvgIpc) is 2.71. The van der Waals surface area contributed by atoms with Crippen LogP contribution in [0, 0.1) is 5.92 Å². The van der Waals surface area contributed by atoms with Crippen LogP contribution in [0.15, 0.2) is 24.3 Å². The summed E-state index contributed by atoms with van der Waals surface area (Å²) in [6, 6.07) is 7.14. The number of nitrogens with two attached hydrogens (primary N) is 1. The minimum atomic E-state index is -2.38. The van der Waals surface area contributed by atoms with E-state index in [2.05, 4.69) is 11.8 Å². The highest BCUT2D eigenvalue weighted by atomic mass is 35.5. The highest BCUT2D eigenvalue weighted by Crippen LogP contribution is 2.25. The van der Waals surface area contributed by atoms with Gasteiger partial charge in [-0.3, -0.25) is 4.90 Å². The van der Waals surface area contributed by atoms with Crippen molar-refractivity contribution in [1.29, 1.82) is 0 Å². The van der Waals surface area contributed by atoms with Crippen LogP contribution in [0.3, 0.4) is 0 Å². The predicted molar refractivity (Wildman–Crippen MR) is 75.7 cm³/mol. The number of benzene rings is 1. The molecule has 1 fully saturated rings. The van der Waals surface area contributed by atoms with Gasteiger partial charge in [0.2, 0.25) is 0 Å². The number of halogens is 3. The zero-order valence-corrected chi connectivity index (χ0v) is 11.9. The van der Waals surface area contributed by atoms with Crippen molar-refractivity contribution in [2.45, 2.75) is 32.4 Å². The van der Waals surface area contributed by atoms with E-state index in [1.54, 1.807) is 12.1 Å². The molecular weight excluding hydrogens is 270 g/mol. The van der Waals surface area contributed by atoms with E-state index in [0.717, 1.165) is 31.6 Å². The van der Waals surface area contributed by atoms with Crippen LogP contribution in [0.4, 0.5) is 8.78 Å². The van der Waals surface area contributed by atoms with Crippen molar-refractivity contribution in [2.24, 2.45) is 11.7 Å². The molecule has 0 bridgehead atoms. The first-order valence-electron chi connectivity index (χ1n) is 6.41. The van der Waals surface area contributed by atoms with Crippen LogP contribution in [-0.4, -0.2) is 24.0 Å². The van der Waals surface area contributed by atoms with Gasteiger partial charge in [-0.15, -0.1) is 12.4 Å². The fourth-order valence-corrected chi connectivity index (χ4v) is 2.61. The SMILES string of the molecule is CC1CC(CN)CN1Cc1ccc(C(F)F)cc1.Cl. The lowest BCUT2D eigenvalue weighted by molar-refractivity contribution is 0.151. The number of alkyl halides is 2. The molecular formula is C14H21ClF2N2. The first-order chi connectivity index (χ1) is 8.60. The van der Waals surface area contributed by atoms with Gasteiger partial charge in [0, 0.05) is 24.7 Å². The molecule has 2 atom stereocenters. The number of likely N-dealkylation sites (tertiary alicyclic amines) is 1. The van der Waals surface area contributed by atoms with Gasteiger partial charge in [0.1, 0.15) is 0 Å². The van der Waals surface area contributed by atoms with E-state index in [9.17, 15) is 8.78 Å². The van der Waals surface area contributed by atoms with Crippen molar-refractivity contribution in [2.75, 3.05) is 13.1 Å². The molecule has 0 saturated carbocycles. The minimum absolute atomic E-state index is 0. The predicted octanol–water partition coefficient (Wildman–Crippen LogP) is 3.22. The van der Waals surface area contributed by atoms with Gasteiger partial charge in [-0.25, -0.2) is 8.78 Å². The van der Waals surface area contributed by atoms with Gasteiger partial charge in [0.05, 0.1) is 0 Å². The van der Waals surface area contributed by atoms with E-state index in [1.807, 2.05) is 0 Å². The molecule has 108 valence electrons. The Morgan fingerprint density at radius 1 is 1.32 bits per heavy atom. The molecule has 1 aromatic carbocycles. The molecule has 0 aliphatic carbocycles. The monoisotopic (exact) mass is 290 g/mol. The van der Waals surface area contributed by atoms with E-state index in [4.69, 9.17) is 5.73 Å². The summed E-state index contributed by atoms with van der Waals surface area (Å²) < 4.78 is 24.9. The molecule has 19 heavy (non-hydrogen) atoms. The lowest BCUT2D eigenvalue weighted by atomic mass is 10.1. The van der Waals surface area contributed by atoms with Gasteiger partial charge in [0.25, 0.3) is 6.43 Å². The Morgan fingerprint density at radius 2 is 1.95 bits per heavy atom. The fraction of sp³-hybridized carbons (Fsp3) is 0.571. The molecule has 0 aromatic heterocycles. The number of rotatable bonds is 4. The Kier molecular flexibility index (Phi) is 6.17. The molecule has 0 radical (unpaired) electrons. The van der Waals surface area contributed by atoms with E-state index >= 15 is 0 Å². The Hall–Kier alpha value is -0.710. The van der Waals surface area contributed by atoms with Crippen molar-refractivity contribution in [1.82, 2.24) is 4.90 Å². The van der Waals surface area contributed by atoms with Gasteiger partial charge < -0.3 is 5.73 Å². The van der Waals surface area contributed by atoms with Gasteiger partial charge in [0.15, 0.2) is 0 Å². The van der Waals surface area contributed by atoms with Crippen molar-refractivity contribution < 1.29 is 8.78 Å². The maximum absolute atomic E-state index is 12.4. The second kappa shape index (κ2) is 7.17. The topological polar surface area (TPSA) is 29.3 Å². The van der Waals surface area contributed by atoms with E-state index in [1.165, 1.54) is 12.1 Å². The van der Waals surface area contributed by atoms with Crippen LogP contribution >= 0.6 is 12.4 Å². The number of hydrogen-bond acceptors (Lipinski definition) is 2. The first kappa shape index (κ1) is 16.3. The number of hydrogen-bond donors (Lipinski definition) is 1. The largest absolute Gasteiger partial charge is 0.330 e. The molecule has 2 N–H and O–H groups in total. The van der Waals surface area contributed by atoms with Crippen LogP contribution in [0.5, 0.6) is 0 Å². The second-order valence-electron chi connectivity index (χ2n) is 5.16. The smallest absolute Gasteiger partial charge is 0.263 e. The third kappa shape index (κ3) is 4.13. The Labute approximate surface area is 119 Å². The summed E-state index contributed by atoms with van der Waals surface area (Å²) in [5.74, 6) is 0.570. The van der Waals surface area contributed by atoms with Gasteiger partial charge in [-0.05, 0) is 31.4 Å². The van der Waals surface area contributed by atoms with Crippen LogP contribution < -0.4 is 5.73 Å². The summed E-state index contributed by atoms with van der Waals surface area (Å²) in [6.07, 6.45) is -1.25. The molecule has 1 aliphatic heterocycles. The Bertz CT molecular complexity index is 384. The third-order valence-electron chi connectivity index (χ3n) is 3.74. The molecule has 2 unspecified atom stereocenters. The summed E-state index contributed by atoms with van der Waals surface area (Å²) in [7, 11) is 0. The molecule has 0 spiro atoms. The lowest BCUT2D eigenvalue weighted by Crippen LogP contribution is -2.27. The molecule has 1 aromatic rings. The van der Waals surface area contributed by atoms with Crippen molar-refractivity contribution in [3.63, 3.8) is 0 Å². The molecule has 1 aliphatic rings. The normalized spacial score (nSPS) is 23.6. The summed E-state index contributed by atoms with van der Waals surface area (Å²) in [5.41, 5.74) is 6.87. The van der Waals surface area contributed by atoms with Crippen LogP contribution in [0.1, 0.15) is 30.9 Å². The van der Waals surface area contributed by atoms with Crippen LogP contribution in [0.25, 0.3) is 0 Å². The maximum atomic E-state index is 12.4. The summed E-state index contributed by atoms with van der Waals surface area (Å²) in [6.45, 7) is 4.75. The van der Waals surface area contributed by atoms with Crippen LogP contribution in [0.2, 0.25) is 0 Å². The highest BCUT2D eigenvalue weighted by molar-refractivity contribution is 5.85. The van der Waals surface area contributed by atoms with Crippen molar-refractivity contribution >= 4 is 12.4 Å². The molecule has 5 heteroatoms. The molecule has 1 saturated heterocycles. The first-order valence-corrected chi connectivity index (χ1v) is 6.41. The molecule has 0 amide bonds. The number of nitrogens with zero attached hydrogens (tertiary/aromatic N) is 1. The lowest BCUT2D eigenvalue weighted by Gasteiger charge is -2.21. The summed E-state index contributed by atoms with van der Waals surface area (Å²) in [4.78, 5) is 2.37. The quantitative estimate of drug-likeness (QED) is 0.922. The minimum Gasteiger partial charge on any atom is -0.330 e. The van der Waals surface area contributed by atoms with E-state index in [0.29, 0.717) is 12.0 Å². The van der Waals surface area contributed by atoms with Gasteiger partial charge in [-0.1, -0.05) is 24.3 Å².